The second-order valence-corrected chi connectivity index (χ2v) is 12.0. The summed E-state index contributed by atoms with van der Waals surface area (Å²) in [6.45, 7) is 7.37. The van der Waals surface area contributed by atoms with Crippen molar-refractivity contribution < 1.29 is 31.6 Å². The zero-order chi connectivity index (χ0) is 24.8. The van der Waals surface area contributed by atoms with E-state index in [-0.39, 0.29) is 40.9 Å². The monoisotopic (exact) mass is 495 g/mol. The van der Waals surface area contributed by atoms with E-state index in [4.69, 9.17) is 14.0 Å². The molecule has 186 valence electrons. The summed E-state index contributed by atoms with van der Waals surface area (Å²) in [6.07, 6.45) is 3.31. The Morgan fingerprint density at radius 3 is 2.44 bits per heavy atom. The summed E-state index contributed by atoms with van der Waals surface area (Å²) < 4.78 is 54.6. The van der Waals surface area contributed by atoms with Crippen LogP contribution in [-0.2, 0) is 19.3 Å². The van der Waals surface area contributed by atoms with E-state index in [2.05, 4.69) is 10.1 Å². The highest BCUT2D eigenvalue weighted by atomic mass is 32.2. The summed E-state index contributed by atoms with van der Waals surface area (Å²) >= 11 is 0. The second-order valence-electron chi connectivity index (χ2n) is 10.0. The quantitative estimate of drug-likeness (QED) is 0.604. The van der Waals surface area contributed by atoms with Gasteiger partial charge in [0, 0.05) is 23.9 Å². The molecular formula is C23H30FN3O6S. The van der Waals surface area contributed by atoms with Crippen LogP contribution in [0.1, 0.15) is 65.4 Å². The Morgan fingerprint density at radius 1 is 1.24 bits per heavy atom. The maximum absolute atomic E-state index is 14.2. The molecule has 34 heavy (non-hydrogen) atoms. The van der Waals surface area contributed by atoms with Gasteiger partial charge in [-0.05, 0) is 71.6 Å². The molecular weight excluding hydrogens is 465 g/mol. The summed E-state index contributed by atoms with van der Waals surface area (Å²) in [5.41, 5.74) is -0.238. The first-order valence-electron chi connectivity index (χ1n) is 11.3. The molecule has 0 spiro atoms. The molecule has 2 aliphatic heterocycles. The van der Waals surface area contributed by atoms with Crippen LogP contribution in [0.4, 0.5) is 9.18 Å². The largest absolute Gasteiger partial charge is 0.444 e. The van der Waals surface area contributed by atoms with E-state index < -0.39 is 27.4 Å². The molecule has 3 atom stereocenters. The Bertz CT molecular complexity index is 1160. The molecule has 2 bridgehead atoms. The number of halogens is 1. The van der Waals surface area contributed by atoms with Crippen LogP contribution in [0.15, 0.2) is 27.6 Å². The van der Waals surface area contributed by atoms with Crippen LogP contribution >= 0.6 is 0 Å². The summed E-state index contributed by atoms with van der Waals surface area (Å²) in [5.74, 6) is -0.489. The molecule has 2 unspecified atom stereocenters. The lowest BCUT2D eigenvalue weighted by atomic mass is 10.00. The third-order valence-electron chi connectivity index (χ3n) is 6.07. The van der Waals surface area contributed by atoms with Gasteiger partial charge in [0.25, 0.3) is 5.89 Å². The number of carbonyl (C=O) groups excluding carboxylic acids is 1. The number of sulfone groups is 1. The van der Waals surface area contributed by atoms with E-state index in [1.54, 1.807) is 6.92 Å². The highest BCUT2D eigenvalue weighted by Gasteiger charge is 2.45. The lowest BCUT2D eigenvalue weighted by Gasteiger charge is -2.39. The minimum Gasteiger partial charge on any atom is -0.444 e. The van der Waals surface area contributed by atoms with Gasteiger partial charge in [-0.1, -0.05) is 5.16 Å². The van der Waals surface area contributed by atoms with Crippen molar-refractivity contribution in [2.45, 2.75) is 88.2 Å². The van der Waals surface area contributed by atoms with Crippen LogP contribution in [0.3, 0.4) is 0 Å². The lowest BCUT2D eigenvalue weighted by Crippen LogP contribution is -2.50. The van der Waals surface area contributed by atoms with E-state index in [1.807, 2.05) is 25.7 Å². The first-order chi connectivity index (χ1) is 15.8. The number of nitrogens with zero attached hydrogens (tertiary/aromatic N) is 3. The van der Waals surface area contributed by atoms with Gasteiger partial charge in [0.05, 0.1) is 6.10 Å². The Labute approximate surface area is 198 Å². The van der Waals surface area contributed by atoms with Gasteiger partial charge in [-0.15, -0.1) is 0 Å². The van der Waals surface area contributed by atoms with Gasteiger partial charge in [0.15, 0.2) is 9.84 Å². The molecule has 0 radical (unpaired) electrons. The molecule has 3 heterocycles. The van der Waals surface area contributed by atoms with Crippen molar-refractivity contribution in [1.82, 2.24) is 15.0 Å². The van der Waals surface area contributed by atoms with Crippen molar-refractivity contribution in [2.75, 3.05) is 6.26 Å². The standard InChI is InChI=1S/C23H30FN3O6S/c1-13(21-25-20(26-33-21)14-6-9-19(18(24)10-14)34(5,29)30)31-17-11-15-7-8-16(12-17)27(15)22(28)32-23(2,3)4/h6,9-10,13,15-17H,7-8,11-12H2,1-5H3/t13-,15?,16?,17?/m1/s1. The predicted octanol–water partition coefficient (Wildman–Crippen LogP) is 4.29. The number of piperidine rings is 1. The number of hydrogen-bond donors (Lipinski definition) is 0. The second kappa shape index (κ2) is 8.92. The fourth-order valence-corrected chi connectivity index (χ4v) is 5.38. The zero-order valence-electron chi connectivity index (χ0n) is 19.9. The van der Waals surface area contributed by atoms with E-state index in [0.29, 0.717) is 18.4 Å². The van der Waals surface area contributed by atoms with Crippen LogP contribution in [-0.4, -0.2) is 59.6 Å². The summed E-state index contributed by atoms with van der Waals surface area (Å²) in [7, 11) is -3.67. The van der Waals surface area contributed by atoms with Crippen molar-refractivity contribution in [3.05, 3.63) is 29.9 Å². The smallest absolute Gasteiger partial charge is 0.410 e. The maximum Gasteiger partial charge on any atom is 0.410 e. The molecule has 2 aliphatic rings. The molecule has 1 aromatic carbocycles. The number of rotatable bonds is 5. The Hall–Kier alpha value is -2.53. The van der Waals surface area contributed by atoms with Crippen LogP contribution in [0, 0.1) is 5.82 Å². The molecule has 2 aromatic rings. The Morgan fingerprint density at radius 2 is 1.88 bits per heavy atom. The number of fused-ring (bicyclic) bond motifs is 2. The molecule has 1 amide bonds. The highest BCUT2D eigenvalue weighted by Crippen LogP contribution is 2.39. The molecule has 11 heteroatoms. The van der Waals surface area contributed by atoms with Gasteiger partial charge in [-0.25, -0.2) is 17.6 Å². The molecule has 9 nitrogen and oxygen atoms in total. The van der Waals surface area contributed by atoms with Crippen LogP contribution in [0.5, 0.6) is 0 Å². The van der Waals surface area contributed by atoms with Crippen molar-refractivity contribution in [2.24, 2.45) is 0 Å². The average molecular weight is 496 g/mol. The van der Waals surface area contributed by atoms with Gasteiger partial charge in [0.2, 0.25) is 5.82 Å². The Kier molecular flexibility index (Phi) is 6.45. The van der Waals surface area contributed by atoms with Crippen molar-refractivity contribution in [3.8, 4) is 11.4 Å². The van der Waals surface area contributed by atoms with E-state index in [1.165, 1.54) is 12.1 Å². The van der Waals surface area contributed by atoms with E-state index in [0.717, 1.165) is 25.2 Å². The van der Waals surface area contributed by atoms with Gasteiger partial charge >= 0.3 is 6.09 Å². The van der Waals surface area contributed by atoms with Gasteiger partial charge in [-0.3, -0.25) is 0 Å². The summed E-state index contributed by atoms with van der Waals surface area (Å²) in [6, 6.07) is 3.83. The number of aromatic nitrogens is 2. The fraction of sp³-hybridized carbons (Fsp3) is 0.609. The maximum atomic E-state index is 14.2. The average Bonchev–Trinajstić information content (AvgIpc) is 3.29. The van der Waals surface area contributed by atoms with Crippen LogP contribution in [0.2, 0.25) is 0 Å². The number of carbonyl (C=O) groups is 1. The molecule has 2 saturated heterocycles. The molecule has 0 saturated carbocycles. The first-order valence-corrected chi connectivity index (χ1v) is 13.2. The van der Waals surface area contributed by atoms with E-state index >= 15 is 0 Å². The molecule has 2 fully saturated rings. The third kappa shape index (κ3) is 5.25. The third-order valence-corrected chi connectivity index (χ3v) is 7.20. The number of benzene rings is 1. The molecule has 0 N–H and O–H groups in total. The van der Waals surface area contributed by atoms with Crippen LogP contribution in [0.25, 0.3) is 11.4 Å². The van der Waals surface area contributed by atoms with Crippen molar-refractivity contribution in [3.63, 3.8) is 0 Å². The fourth-order valence-electron chi connectivity index (χ4n) is 4.66. The lowest BCUT2D eigenvalue weighted by molar-refractivity contribution is -0.0680. The summed E-state index contributed by atoms with van der Waals surface area (Å²) in [4.78, 5) is 18.4. The topological polar surface area (TPSA) is 112 Å². The number of hydrogen-bond acceptors (Lipinski definition) is 8. The molecule has 0 aliphatic carbocycles. The Balaban J connectivity index is 1.40. The van der Waals surface area contributed by atoms with Gasteiger partial charge in [0.1, 0.15) is 22.4 Å². The highest BCUT2D eigenvalue weighted by molar-refractivity contribution is 7.90. The number of amides is 1. The van der Waals surface area contributed by atoms with Crippen LogP contribution < -0.4 is 0 Å². The van der Waals surface area contributed by atoms with Gasteiger partial charge < -0.3 is 18.9 Å². The number of ether oxygens (including phenoxy) is 2. The van der Waals surface area contributed by atoms with Crippen molar-refractivity contribution in [1.29, 1.82) is 0 Å². The molecule has 1 aromatic heterocycles. The zero-order valence-corrected chi connectivity index (χ0v) is 20.8. The SMILES string of the molecule is C[C@@H](OC1CC2CCC(C1)N2C(=O)OC(C)(C)C)c1nc(-c2ccc(S(C)(=O)=O)c(F)c2)no1. The first kappa shape index (κ1) is 24.6. The minimum atomic E-state index is -3.67. The van der Waals surface area contributed by atoms with E-state index in [9.17, 15) is 17.6 Å². The normalized spacial score (nSPS) is 23.7. The minimum absolute atomic E-state index is 0.0698. The predicted molar refractivity (Wildman–Crippen MR) is 120 cm³/mol. The van der Waals surface area contributed by atoms with Gasteiger partial charge in [-0.2, -0.15) is 4.98 Å². The summed E-state index contributed by atoms with van der Waals surface area (Å²) in [5, 5.41) is 3.89. The molecule has 4 rings (SSSR count). The van der Waals surface area contributed by atoms with Crippen molar-refractivity contribution >= 4 is 15.9 Å².